The van der Waals surface area contributed by atoms with Crippen molar-refractivity contribution in [1.29, 1.82) is 0 Å². The highest BCUT2D eigenvalue weighted by atomic mass is 32.2. The first-order chi connectivity index (χ1) is 14.4. The van der Waals surface area contributed by atoms with Crippen LogP contribution in [0.2, 0.25) is 0 Å². The number of para-hydroxylation sites is 1. The fourth-order valence-electron chi connectivity index (χ4n) is 4.16. The summed E-state index contributed by atoms with van der Waals surface area (Å²) in [5, 5.41) is 0. The van der Waals surface area contributed by atoms with E-state index in [2.05, 4.69) is 0 Å². The fourth-order valence-corrected chi connectivity index (χ4v) is 5.75. The van der Waals surface area contributed by atoms with Gasteiger partial charge in [0.25, 0.3) is 5.91 Å². The lowest BCUT2D eigenvalue weighted by Crippen LogP contribution is -2.49. The molecular weight excluding hydrogens is 407 g/mol. The average Bonchev–Trinajstić information content (AvgIpc) is 3.17. The molecule has 1 aromatic carbocycles. The van der Waals surface area contributed by atoms with Gasteiger partial charge < -0.3 is 14.4 Å². The van der Waals surface area contributed by atoms with Crippen molar-refractivity contribution in [3.8, 4) is 0 Å². The van der Waals surface area contributed by atoms with Gasteiger partial charge in [-0.15, -0.1) is 0 Å². The van der Waals surface area contributed by atoms with Crippen LogP contribution >= 0.6 is 0 Å². The summed E-state index contributed by atoms with van der Waals surface area (Å²) in [4.78, 5) is 16.8. The van der Waals surface area contributed by atoms with Crippen LogP contribution in [0.4, 0.5) is 10.1 Å². The lowest BCUT2D eigenvalue weighted by atomic mass is 10.2. The van der Waals surface area contributed by atoms with Crippen LogP contribution in [-0.2, 0) is 17.1 Å². The van der Waals surface area contributed by atoms with Crippen LogP contribution in [0, 0.1) is 5.82 Å². The van der Waals surface area contributed by atoms with Crippen LogP contribution < -0.4 is 4.90 Å². The minimum absolute atomic E-state index is 0.167. The van der Waals surface area contributed by atoms with E-state index in [0.717, 1.165) is 19.3 Å². The van der Waals surface area contributed by atoms with Gasteiger partial charge >= 0.3 is 0 Å². The largest absolute Gasteiger partial charge is 0.366 e. The van der Waals surface area contributed by atoms with Gasteiger partial charge in [0, 0.05) is 52.5 Å². The molecule has 30 heavy (non-hydrogen) atoms. The molecule has 1 amide bonds. The molecule has 4 rings (SSSR count). The molecule has 0 atom stereocenters. The van der Waals surface area contributed by atoms with E-state index < -0.39 is 10.0 Å². The van der Waals surface area contributed by atoms with E-state index >= 15 is 0 Å². The maximum Gasteiger partial charge on any atom is 0.270 e. The molecule has 162 valence electrons. The Morgan fingerprint density at radius 2 is 1.63 bits per heavy atom. The molecule has 0 aliphatic carbocycles. The van der Waals surface area contributed by atoms with E-state index in [0.29, 0.717) is 50.6 Å². The maximum atomic E-state index is 14.0. The molecular formula is C21H27FN4O3S. The number of piperazine rings is 1. The van der Waals surface area contributed by atoms with E-state index in [-0.39, 0.29) is 16.6 Å². The van der Waals surface area contributed by atoms with Gasteiger partial charge in [0.1, 0.15) is 16.4 Å². The van der Waals surface area contributed by atoms with E-state index in [1.165, 1.54) is 22.6 Å². The molecule has 2 aromatic rings. The van der Waals surface area contributed by atoms with Crippen molar-refractivity contribution in [2.75, 3.05) is 44.2 Å². The number of piperidine rings is 1. The van der Waals surface area contributed by atoms with Crippen molar-refractivity contribution < 1.29 is 17.6 Å². The Bertz CT molecular complexity index is 1020. The number of carbonyl (C=O) groups is 1. The summed E-state index contributed by atoms with van der Waals surface area (Å²) in [5.74, 6) is -0.474. The number of rotatable bonds is 4. The Morgan fingerprint density at radius 1 is 0.967 bits per heavy atom. The molecule has 9 heteroatoms. The molecule has 7 nitrogen and oxygen atoms in total. The van der Waals surface area contributed by atoms with Crippen LogP contribution in [0.3, 0.4) is 0 Å². The summed E-state index contributed by atoms with van der Waals surface area (Å²) in [7, 11) is -1.89. The van der Waals surface area contributed by atoms with Crippen LogP contribution in [0.1, 0.15) is 29.8 Å². The molecule has 2 aliphatic rings. The first-order valence-electron chi connectivity index (χ1n) is 10.3. The molecule has 2 saturated heterocycles. The SMILES string of the molecule is Cn1cc(S(=O)(=O)N2CCCCC2)cc1C(=O)N1CCN(c2ccccc2F)CC1. The van der Waals surface area contributed by atoms with Crippen LogP contribution in [0.15, 0.2) is 41.4 Å². The molecule has 0 unspecified atom stereocenters. The molecule has 0 saturated carbocycles. The van der Waals surface area contributed by atoms with E-state index in [1.54, 1.807) is 34.7 Å². The summed E-state index contributed by atoms with van der Waals surface area (Å²) >= 11 is 0. The molecule has 3 heterocycles. The van der Waals surface area contributed by atoms with Gasteiger partial charge in [-0.1, -0.05) is 18.6 Å². The predicted molar refractivity (Wildman–Crippen MR) is 113 cm³/mol. The summed E-state index contributed by atoms with van der Waals surface area (Å²) in [6.45, 7) is 3.00. The van der Waals surface area contributed by atoms with Crippen LogP contribution in [0.25, 0.3) is 0 Å². The number of halogens is 1. The Labute approximate surface area is 176 Å². The third-order valence-corrected chi connectivity index (χ3v) is 7.78. The number of hydrogen-bond donors (Lipinski definition) is 0. The third-order valence-electron chi connectivity index (χ3n) is 5.91. The molecule has 1 aromatic heterocycles. The minimum Gasteiger partial charge on any atom is -0.366 e. The molecule has 0 N–H and O–H groups in total. The van der Waals surface area contributed by atoms with Gasteiger partial charge in [0.05, 0.1) is 5.69 Å². The fraction of sp³-hybridized carbons (Fsp3) is 0.476. The number of hydrogen-bond acceptors (Lipinski definition) is 4. The number of sulfonamides is 1. The molecule has 0 spiro atoms. The van der Waals surface area contributed by atoms with Gasteiger partial charge in [-0.25, -0.2) is 12.8 Å². The van der Waals surface area contributed by atoms with Crippen molar-refractivity contribution in [3.63, 3.8) is 0 Å². The average molecular weight is 435 g/mol. The maximum absolute atomic E-state index is 14.0. The Hall–Kier alpha value is -2.39. The van der Waals surface area contributed by atoms with E-state index in [4.69, 9.17) is 0 Å². The van der Waals surface area contributed by atoms with Gasteiger partial charge in [-0.2, -0.15) is 4.31 Å². The molecule has 0 bridgehead atoms. The molecule has 2 aliphatic heterocycles. The van der Waals surface area contributed by atoms with Gasteiger partial charge in [0.2, 0.25) is 10.0 Å². The highest BCUT2D eigenvalue weighted by molar-refractivity contribution is 7.89. The second-order valence-electron chi connectivity index (χ2n) is 7.87. The van der Waals surface area contributed by atoms with Crippen LogP contribution in [-0.4, -0.2) is 67.4 Å². The smallest absolute Gasteiger partial charge is 0.270 e. The first-order valence-corrected chi connectivity index (χ1v) is 11.8. The van der Waals surface area contributed by atoms with Crippen molar-refractivity contribution in [2.45, 2.75) is 24.2 Å². The highest BCUT2D eigenvalue weighted by Crippen LogP contribution is 2.24. The highest BCUT2D eigenvalue weighted by Gasteiger charge is 2.30. The predicted octanol–water partition coefficient (Wildman–Crippen LogP) is 2.30. The van der Waals surface area contributed by atoms with Gasteiger partial charge in [-0.3, -0.25) is 4.79 Å². The summed E-state index contributed by atoms with van der Waals surface area (Å²) in [5.41, 5.74) is 0.892. The van der Waals surface area contributed by atoms with E-state index in [9.17, 15) is 17.6 Å². The topological polar surface area (TPSA) is 65.9 Å². The summed E-state index contributed by atoms with van der Waals surface area (Å²) < 4.78 is 43.0. The number of aromatic nitrogens is 1. The number of aryl methyl sites for hydroxylation is 1. The Morgan fingerprint density at radius 3 is 2.30 bits per heavy atom. The Balaban J connectivity index is 1.46. The van der Waals surface area contributed by atoms with Gasteiger partial charge in [-0.05, 0) is 31.0 Å². The number of anilines is 1. The zero-order chi connectivity index (χ0) is 21.3. The van der Waals surface area contributed by atoms with Crippen molar-refractivity contribution in [1.82, 2.24) is 13.8 Å². The monoisotopic (exact) mass is 434 g/mol. The van der Waals surface area contributed by atoms with Gasteiger partial charge in [0.15, 0.2) is 0 Å². The summed E-state index contributed by atoms with van der Waals surface area (Å²) in [6.07, 6.45) is 4.30. The number of carbonyl (C=O) groups excluding carboxylic acids is 1. The van der Waals surface area contributed by atoms with Crippen molar-refractivity contribution >= 4 is 21.6 Å². The zero-order valence-corrected chi connectivity index (χ0v) is 17.9. The second kappa shape index (κ2) is 8.39. The summed E-state index contributed by atoms with van der Waals surface area (Å²) in [6, 6.07) is 8.10. The first kappa shape index (κ1) is 20.9. The molecule has 0 radical (unpaired) electrons. The molecule has 2 fully saturated rings. The lowest BCUT2D eigenvalue weighted by Gasteiger charge is -2.36. The van der Waals surface area contributed by atoms with Crippen molar-refractivity contribution in [2.24, 2.45) is 7.05 Å². The number of amides is 1. The second-order valence-corrected chi connectivity index (χ2v) is 9.81. The third kappa shape index (κ3) is 3.96. The van der Waals surface area contributed by atoms with Crippen molar-refractivity contribution in [3.05, 3.63) is 48.0 Å². The van der Waals surface area contributed by atoms with Crippen LogP contribution in [0.5, 0.6) is 0 Å². The lowest BCUT2D eigenvalue weighted by molar-refractivity contribution is 0.0737. The standard InChI is InChI=1S/C21H27FN4O3S/c1-23-16-17(30(28,29)26-9-5-2-6-10-26)15-20(23)21(27)25-13-11-24(12-14-25)19-8-4-3-7-18(19)22/h3-4,7-8,15-16H,2,5-6,9-14H2,1H3. The zero-order valence-electron chi connectivity index (χ0n) is 17.1. The minimum atomic E-state index is -3.59. The number of benzene rings is 1. The number of nitrogens with zero attached hydrogens (tertiary/aromatic N) is 4. The Kier molecular flexibility index (Phi) is 5.84. The quantitative estimate of drug-likeness (QED) is 0.741. The normalized spacial score (nSPS) is 18.6. The van der Waals surface area contributed by atoms with E-state index in [1.807, 2.05) is 4.90 Å².